The first kappa shape index (κ1) is 15.4. The van der Waals surface area contributed by atoms with Crippen LogP contribution >= 0.6 is 0 Å². The highest BCUT2D eigenvalue weighted by Crippen LogP contribution is 2.13. The molecule has 0 aliphatic heterocycles. The molecule has 0 aliphatic rings. The Balaban J connectivity index is 1.98. The van der Waals surface area contributed by atoms with Gasteiger partial charge in [-0.3, -0.25) is 9.00 Å². The van der Waals surface area contributed by atoms with Gasteiger partial charge in [-0.15, -0.1) is 0 Å². The number of amides is 1. The predicted octanol–water partition coefficient (Wildman–Crippen LogP) is 2.40. The summed E-state index contributed by atoms with van der Waals surface area (Å²) in [7, 11) is -1.53. The third kappa shape index (κ3) is 3.98. The first-order chi connectivity index (χ1) is 9.97. The van der Waals surface area contributed by atoms with Gasteiger partial charge in [-0.1, -0.05) is 23.4 Å². The van der Waals surface area contributed by atoms with Gasteiger partial charge >= 0.3 is 0 Å². The highest BCUT2D eigenvalue weighted by Gasteiger charge is 2.22. The maximum atomic E-state index is 13.5. The van der Waals surface area contributed by atoms with Crippen molar-refractivity contribution >= 4 is 22.5 Å². The first-order valence-electron chi connectivity index (χ1n) is 6.32. The quantitative estimate of drug-likeness (QED) is 0.920. The number of hydrogen-bond acceptors (Lipinski definition) is 4. The van der Waals surface area contributed by atoms with Gasteiger partial charge in [0.1, 0.15) is 16.8 Å². The lowest BCUT2D eigenvalue weighted by molar-refractivity contribution is -0.115. The lowest BCUT2D eigenvalue weighted by Gasteiger charge is -2.11. The zero-order valence-electron chi connectivity index (χ0n) is 11.6. The van der Waals surface area contributed by atoms with Crippen molar-refractivity contribution in [2.75, 3.05) is 5.32 Å². The first-order valence-corrected chi connectivity index (χ1v) is 7.70. The van der Waals surface area contributed by atoms with Crippen LogP contribution in [0.25, 0.3) is 0 Å². The van der Waals surface area contributed by atoms with Crippen LogP contribution in [0, 0.1) is 12.7 Å². The summed E-state index contributed by atoms with van der Waals surface area (Å²) >= 11 is 0. The minimum Gasteiger partial charge on any atom is -0.360 e. The summed E-state index contributed by atoms with van der Waals surface area (Å²) in [5, 5.41) is 5.35. The Kier molecular flexibility index (Phi) is 4.85. The van der Waals surface area contributed by atoms with E-state index in [0.717, 1.165) is 0 Å². The van der Waals surface area contributed by atoms with Crippen molar-refractivity contribution in [3.63, 3.8) is 0 Å². The van der Waals surface area contributed by atoms with Gasteiger partial charge in [0.05, 0.1) is 5.75 Å². The van der Waals surface area contributed by atoms with E-state index in [-0.39, 0.29) is 11.6 Å². The molecule has 1 aromatic carbocycles. The Morgan fingerprint density at radius 2 is 2.19 bits per heavy atom. The van der Waals surface area contributed by atoms with Crippen LogP contribution < -0.4 is 5.32 Å². The molecule has 0 saturated heterocycles. The van der Waals surface area contributed by atoms with Crippen molar-refractivity contribution in [2.45, 2.75) is 24.9 Å². The molecule has 0 radical (unpaired) electrons. The van der Waals surface area contributed by atoms with E-state index in [1.807, 2.05) is 0 Å². The maximum absolute atomic E-state index is 13.5. The van der Waals surface area contributed by atoms with Gasteiger partial charge in [0.15, 0.2) is 5.82 Å². The highest BCUT2D eigenvalue weighted by atomic mass is 32.2. The van der Waals surface area contributed by atoms with Crippen LogP contribution in [-0.2, 0) is 21.3 Å². The molecule has 0 unspecified atom stereocenters. The van der Waals surface area contributed by atoms with Crippen LogP contribution in [0.2, 0.25) is 0 Å². The van der Waals surface area contributed by atoms with E-state index in [9.17, 15) is 13.4 Å². The van der Waals surface area contributed by atoms with Crippen molar-refractivity contribution < 1.29 is 17.9 Å². The number of rotatable bonds is 5. The number of aromatic nitrogens is 1. The molecule has 7 heteroatoms. The molecule has 0 bridgehead atoms. The van der Waals surface area contributed by atoms with E-state index >= 15 is 0 Å². The summed E-state index contributed by atoms with van der Waals surface area (Å²) in [6, 6.07) is 7.64. The number of carbonyl (C=O) groups excluding carboxylic acids is 1. The van der Waals surface area contributed by atoms with Crippen LogP contribution in [0.3, 0.4) is 0 Å². The second-order valence-electron chi connectivity index (χ2n) is 4.57. The molecular weight excluding hydrogens is 295 g/mol. The molecule has 2 atom stereocenters. The average molecular weight is 310 g/mol. The summed E-state index contributed by atoms with van der Waals surface area (Å²) in [5.74, 6) is -0.0553. The molecule has 0 fully saturated rings. The van der Waals surface area contributed by atoms with Crippen molar-refractivity contribution in [2.24, 2.45) is 0 Å². The van der Waals surface area contributed by atoms with Gasteiger partial charge in [0.25, 0.3) is 0 Å². The Hall–Kier alpha value is -2.02. The Morgan fingerprint density at radius 3 is 2.81 bits per heavy atom. The Morgan fingerprint density at radius 1 is 1.48 bits per heavy atom. The molecule has 0 saturated carbocycles. The third-order valence-electron chi connectivity index (χ3n) is 2.90. The van der Waals surface area contributed by atoms with Crippen LogP contribution in [0.5, 0.6) is 0 Å². The smallest absolute Gasteiger partial charge is 0.241 e. The molecular formula is C14H15FN2O3S. The van der Waals surface area contributed by atoms with E-state index in [4.69, 9.17) is 4.52 Å². The summed E-state index contributed by atoms with van der Waals surface area (Å²) in [4.78, 5) is 12.0. The number of benzene rings is 1. The summed E-state index contributed by atoms with van der Waals surface area (Å²) in [6.45, 7) is 3.22. The summed E-state index contributed by atoms with van der Waals surface area (Å²) in [6.07, 6.45) is 0. The summed E-state index contributed by atoms with van der Waals surface area (Å²) < 4.78 is 30.5. The molecule has 21 heavy (non-hydrogen) atoms. The Bertz CT molecular complexity index is 672. The topological polar surface area (TPSA) is 72.2 Å². The average Bonchev–Trinajstić information content (AvgIpc) is 2.85. The van der Waals surface area contributed by atoms with Crippen LogP contribution in [0.15, 0.2) is 34.9 Å². The minimum atomic E-state index is -1.53. The van der Waals surface area contributed by atoms with E-state index in [2.05, 4.69) is 10.5 Å². The molecule has 1 N–H and O–H groups in total. The molecule has 1 amide bonds. The van der Waals surface area contributed by atoms with E-state index in [1.54, 1.807) is 31.2 Å². The monoisotopic (exact) mass is 310 g/mol. The van der Waals surface area contributed by atoms with Crippen LogP contribution in [-0.4, -0.2) is 20.5 Å². The van der Waals surface area contributed by atoms with E-state index in [0.29, 0.717) is 11.3 Å². The number of halogens is 1. The molecule has 112 valence electrons. The number of nitrogens with one attached hydrogen (secondary N) is 1. The summed E-state index contributed by atoms with van der Waals surface area (Å²) in [5.41, 5.74) is 0.327. The Labute approximate surface area is 124 Å². The second kappa shape index (κ2) is 6.62. The van der Waals surface area contributed by atoms with Crippen molar-refractivity contribution in [3.05, 3.63) is 47.5 Å². The minimum absolute atomic E-state index is 0.0148. The van der Waals surface area contributed by atoms with E-state index in [1.165, 1.54) is 13.0 Å². The molecule has 2 rings (SSSR count). The number of hydrogen-bond donors (Lipinski definition) is 1. The van der Waals surface area contributed by atoms with Gasteiger partial charge in [-0.05, 0) is 19.9 Å². The van der Waals surface area contributed by atoms with Gasteiger partial charge in [0, 0.05) is 22.4 Å². The fourth-order valence-electron chi connectivity index (χ4n) is 1.67. The van der Waals surface area contributed by atoms with E-state index < -0.39 is 27.8 Å². The number of carbonyl (C=O) groups is 1. The van der Waals surface area contributed by atoms with Crippen molar-refractivity contribution in [3.8, 4) is 0 Å². The molecule has 2 aromatic rings. The van der Waals surface area contributed by atoms with Crippen molar-refractivity contribution in [1.82, 2.24) is 5.16 Å². The molecule has 1 heterocycles. The molecule has 5 nitrogen and oxygen atoms in total. The highest BCUT2D eigenvalue weighted by molar-refractivity contribution is 7.85. The SMILES string of the molecule is Cc1cc(NC(=O)[C@H](C)[S@@](=O)Cc2ccccc2F)no1. The zero-order chi connectivity index (χ0) is 15.4. The van der Waals surface area contributed by atoms with Gasteiger partial charge in [0.2, 0.25) is 5.91 Å². The lowest BCUT2D eigenvalue weighted by atomic mass is 10.2. The molecule has 0 spiro atoms. The zero-order valence-corrected chi connectivity index (χ0v) is 12.4. The van der Waals surface area contributed by atoms with Gasteiger partial charge in [-0.2, -0.15) is 0 Å². The van der Waals surface area contributed by atoms with Gasteiger partial charge < -0.3 is 9.84 Å². The molecule has 0 aliphatic carbocycles. The maximum Gasteiger partial charge on any atom is 0.241 e. The van der Waals surface area contributed by atoms with Gasteiger partial charge in [-0.25, -0.2) is 4.39 Å². The number of aryl methyl sites for hydroxylation is 1. The molecule has 1 aromatic heterocycles. The van der Waals surface area contributed by atoms with Crippen LogP contribution in [0.1, 0.15) is 18.2 Å². The number of anilines is 1. The van der Waals surface area contributed by atoms with Crippen molar-refractivity contribution in [1.29, 1.82) is 0 Å². The predicted molar refractivity (Wildman–Crippen MR) is 77.6 cm³/mol. The largest absolute Gasteiger partial charge is 0.360 e. The fourth-order valence-corrected chi connectivity index (χ4v) is 2.75. The standard InChI is InChI=1S/C14H15FN2O3S/c1-9-7-13(17-20-9)16-14(18)10(2)21(19)8-11-5-3-4-6-12(11)15/h3-7,10H,8H2,1-2H3,(H,16,17,18)/t10-,21-/m0/s1. The normalized spacial score (nSPS) is 13.7. The fraction of sp³-hybridized carbons (Fsp3) is 0.286. The third-order valence-corrected chi connectivity index (χ3v) is 4.50. The van der Waals surface area contributed by atoms with Crippen LogP contribution in [0.4, 0.5) is 10.2 Å². The second-order valence-corrected chi connectivity index (χ2v) is 6.33. The number of nitrogens with zero attached hydrogens (tertiary/aromatic N) is 1. The lowest BCUT2D eigenvalue weighted by Crippen LogP contribution is -2.30.